The molecule has 2 rings (SSSR count). The molecule has 0 aliphatic carbocycles. The molecule has 0 amide bonds. The molecular weight excluding hydrogens is 276 g/mol. The molecule has 2 aromatic carbocycles. The van der Waals surface area contributed by atoms with Gasteiger partial charge in [-0.05, 0) is 62.7 Å². The van der Waals surface area contributed by atoms with Crippen LogP contribution in [0, 0.1) is 0 Å². The highest BCUT2D eigenvalue weighted by molar-refractivity contribution is 5.97. The molecule has 0 radical (unpaired) electrons. The lowest BCUT2D eigenvalue weighted by molar-refractivity contribution is 0.0993. The molecule has 0 aromatic heterocycles. The summed E-state index contributed by atoms with van der Waals surface area (Å²) in [7, 11) is 1.63. The predicted octanol–water partition coefficient (Wildman–Crippen LogP) is 4.30. The van der Waals surface area contributed by atoms with E-state index in [1.807, 2.05) is 69.3 Å². The molecule has 0 saturated carbocycles. The maximum Gasteiger partial charge on any atom is 0.167 e. The van der Waals surface area contributed by atoms with Crippen LogP contribution in [0.5, 0.6) is 11.5 Å². The number of methoxy groups -OCH3 is 1. The fourth-order valence-electron chi connectivity index (χ4n) is 2.09. The van der Waals surface area contributed by atoms with E-state index in [4.69, 9.17) is 9.47 Å². The Kier molecular flexibility index (Phi) is 4.86. The number of hydrogen-bond donors (Lipinski definition) is 0. The molecule has 3 nitrogen and oxygen atoms in total. The summed E-state index contributed by atoms with van der Waals surface area (Å²) in [6.45, 7) is 5.99. The Hall–Kier alpha value is -2.29. The number of rotatable bonds is 5. The van der Waals surface area contributed by atoms with Gasteiger partial charge < -0.3 is 9.47 Å². The first kappa shape index (κ1) is 16.1. The van der Waals surface area contributed by atoms with Crippen LogP contribution in [-0.4, -0.2) is 18.5 Å². The summed E-state index contributed by atoms with van der Waals surface area (Å²) in [6, 6.07) is 14.9. The van der Waals surface area contributed by atoms with Crippen molar-refractivity contribution in [1.29, 1.82) is 0 Å². The highest BCUT2D eigenvalue weighted by Gasteiger charge is 2.12. The van der Waals surface area contributed by atoms with E-state index >= 15 is 0 Å². The van der Waals surface area contributed by atoms with Crippen molar-refractivity contribution in [3.8, 4) is 11.5 Å². The van der Waals surface area contributed by atoms with Crippen LogP contribution in [-0.2, 0) is 6.42 Å². The van der Waals surface area contributed by atoms with E-state index < -0.39 is 0 Å². The summed E-state index contributed by atoms with van der Waals surface area (Å²) < 4.78 is 10.9. The summed E-state index contributed by atoms with van der Waals surface area (Å²) >= 11 is 0. The highest BCUT2D eigenvalue weighted by atomic mass is 16.5. The van der Waals surface area contributed by atoms with Crippen molar-refractivity contribution in [2.24, 2.45) is 0 Å². The Morgan fingerprint density at radius 3 is 1.95 bits per heavy atom. The van der Waals surface area contributed by atoms with Crippen molar-refractivity contribution in [1.82, 2.24) is 0 Å². The van der Waals surface area contributed by atoms with Gasteiger partial charge in [0.05, 0.1) is 7.11 Å². The van der Waals surface area contributed by atoms with Crippen LogP contribution in [0.15, 0.2) is 48.5 Å². The topological polar surface area (TPSA) is 35.5 Å². The SMILES string of the molecule is COc1ccc(CC(=O)c2ccc(OC(C)(C)C)cc2)cc1. The van der Waals surface area contributed by atoms with Crippen LogP contribution < -0.4 is 9.47 Å². The van der Waals surface area contributed by atoms with Gasteiger partial charge in [-0.15, -0.1) is 0 Å². The van der Waals surface area contributed by atoms with Crippen LogP contribution >= 0.6 is 0 Å². The third-order valence-electron chi connectivity index (χ3n) is 3.12. The van der Waals surface area contributed by atoms with Gasteiger partial charge in [0.15, 0.2) is 5.78 Å². The van der Waals surface area contributed by atoms with Crippen molar-refractivity contribution in [2.75, 3.05) is 7.11 Å². The molecule has 0 N–H and O–H groups in total. The molecule has 0 heterocycles. The first-order chi connectivity index (χ1) is 10.4. The average molecular weight is 298 g/mol. The minimum Gasteiger partial charge on any atom is -0.497 e. The van der Waals surface area contributed by atoms with Gasteiger partial charge in [0.2, 0.25) is 0 Å². The second-order valence-corrected chi connectivity index (χ2v) is 6.19. The number of hydrogen-bond acceptors (Lipinski definition) is 3. The Balaban J connectivity index is 2.03. The summed E-state index contributed by atoms with van der Waals surface area (Å²) in [5.74, 6) is 1.65. The molecule has 0 fully saturated rings. The second-order valence-electron chi connectivity index (χ2n) is 6.19. The van der Waals surface area contributed by atoms with Gasteiger partial charge >= 0.3 is 0 Å². The number of carbonyl (C=O) groups is 1. The Morgan fingerprint density at radius 2 is 1.45 bits per heavy atom. The van der Waals surface area contributed by atoms with E-state index in [-0.39, 0.29) is 11.4 Å². The number of ketones is 1. The van der Waals surface area contributed by atoms with Crippen LogP contribution in [0.3, 0.4) is 0 Å². The van der Waals surface area contributed by atoms with Crippen molar-refractivity contribution < 1.29 is 14.3 Å². The molecule has 2 aromatic rings. The highest BCUT2D eigenvalue weighted by Crippen LogP contribution is 2.19. The van der Waals surface area contributed by atoms with Crippen LogP contribution in [0.1, 0.15) is 36.7 Å². The monoisotopic (exact) mass is 298 g/mol. The van der Waals surface area contributed by atoms with Gasteiger partial charge in [0.25, 0.3) is 0 Å². The lowest BCUT2D eigenvalue weighted by Gasteiger charge is -2.21. The quantitative estimate of drug-likeness (QED) is 0.772. The molecular formula is C19H22O3. The normalized spacial score (nSPS) is 11.1. The van der Waals surface area contributed by atoms with E-state index in [0.717, 1.165) is 17.1 Å². The van der Waals surface area contributed by atoms with E-state index in [1.165, 1.54) is 0 Å². The molecule has 0 bridgehead atoms. The fourth-order valence-corrected chi connectivity index (χ4v) is 2.09. The molecule has 22 heavy (non-hydrogen) atoms. The number of benzene rings is 2. The van der Waals surface area contributed by atoms with Gasteiger partial charge in [-0.3, -0.25) is 4.79 Å². The Labute approximate surface area is 131 Å². The average Bonchev–Trinajstić information content (AvgIpc) is 2.47. The Morgan fingerprint density at radius 1 is 0.909 bits per heavy atom. The molecule has 116 valence electrons. The van der Waals surface area contributed by atoms with Crippen LogP contribution in [0.4, 0.5) is 0 Å². The zero-order chi connectivity index (χ0) is 16.2. The van der Waals surface area contributed by atoms with Crippen molar-refractivity contribution in [3.63, 3.8) is 0 Å². The van der Waals surface area contributed by atoms with Gasteiger partial charge in [-0.25, -0.2) is 0 Å². The van der Waals surface area contributed by atoms with E-state index in [0.29, 0.717) is 12.0 Å². The number of ether oxygens (including phenoxy) is 2. The van der Waals surface area contributed by atoms with E-state index in [2.05, 4.69) is 0 Å². The number of carbonyl (C=O) groups excluding carboxylic acids is 1. The van der Waals surface area contributed by atoms with E-state index in [1.54, 1.807) is 7.11 Å². The Bertz CT molecular complexity index is 619. The minimum absolute atomic E-state index is 0.0903. The van der Waals surface area contributed by atoms with Gasteiger partial charge in [-0.2, -0.15) is 0 Å². The minimum atomic E-state index is -0.241. The standard InChI is InChI=1S/C19H22O3/c1-19(2,3)22-17-11-7-15(8-12-17)18(20)13-14-5-9-16(21-4)10-6-14/h5-12H,13H2,1-4H3. The van der Waals surface area contributed by atoms with Crippen LogP contribution in [0.25, 0.3) is 0 Å². The third-order valence-corrected chi connectivity index (χ3v) is 3.12. The lowest BCUT2D eigenvalue weighted by Crippen LogP contribution is -2.22. The van der Waals surface area contributed by atoms with Crippen LogP contribution in [0.2, 0.25) is 0 Å². The van der Waals surface area contributed by atoms with Gasteiger partial charge in [0, 0.05) is 12.0 Å². The second kappa shape index (κ2) is 6.65. The first-order valence-electron chi connectivity index (χ1n) is 7.32. The summed E-state index contributed by atoms with van der Waals surface area (Å²) in [5.41, 5.74) is 1.42. The third kappa shape index (κ3) is 4.62. The van der Waals surface area contributed by atoms with Crippen molar-refractivity contribution >= 4 is 5.78 Å². The molecule has 0 unspecified atom stereocenters. The largest absolute Gasteiger partial charge is 0.497 e. The molecule has 0 aliphatic heterocycles. The fraction of sp³-hybridized carbons (Fsp3) is 0.316. The molecule has 0 atom stereocenters. The van der Waals surface area contributed by atoms with Gasteiger partial charge in [0.1, 0.15) is 17.1 Å². The summed E-state index contributed by atoms with van der Waals surface area (Å²) in [4.78, 5) is 12.3. The molecule has 3 heteroatoms. The zero-order valence-electron chi connectivity index (χ0n) is 13.6. The van der Waals surface area contributed by atoms with Gasteiger partial charge in [-0.1, -0.05) is 12.1 Å². The molecule has 0 spiro atoms. The molecule has 0 aliphatic rings. The molecule has 0 saturated heterocycles. The van der Waals surface area contributed by atoms with E-state index in [9.17, 15) is 4.79 Å². The predicted molar refractivity (Wildman–Crippen MR) is 87.9 cm³/mol. The maximum absolute atomic E-state index is 12.3. The zero-order valence-corrected chi connectivity index (χ0v) is 13.6. The lowest BCUT2D eigenvalue weighted by atomic mass is 10.0. The number of Topliss-reactive ketones (excluding diaryl/α,β-unsaturated/α-hetero) is 1. The maximum atomic E-state index is 12.3. The smallest absolute Gasteiger partial charge is 0.167 e. The summed E-state index contributed by atoms with van der Waals surface area (Å²) in [5, 5.41) is 0. The summed E-state index contributed by atoms with van der Waals surface area (Å²) in [6.07, 6.45) is 0.378. The first-order valence-corrected chi connectivity index (χ1v) is 7.32. The van der Waals surface area contributed by atoms with Crippen molar-refractivity contribution in [2.45, 2.75) is 32.8 Å². The van der Waals surface area contributed by atoms with Crippen molar-refractivity contribution in [3.05, 3.63) is 59.7 Å².